The fraction of sp³-hybridized carbons (Fsp3) is 0.316. The fourth-order valence-electron chi connectivity index (χ4n) is 3.35. The van der Waals surface area contributed by atoms with Crippen molar-refractivity contribution in [2.24, 2.45) is 0 Å². The van der Waals surface area contributed by atoms with Crippen LogP contribution in [0.15, 0.2) is 48.5 Å². The van der Waals surface area contributed by atoms with Gasteiger partial charge in [-0.15, -0.1) is 0 Å². The van der Waals surface area contributed by atoms with Crippen LogP contribution in [0.2, 0.25) is 0 Å². The van der Waals surface area contributed by atoms with Crippen molar-refractivity contribution in [3.05, 3.63) is 65.2 Å². The number of anilines is 1. The van der Waals surface area contributed by atoms with Crippen LogP contribution in [-0.4, -0.2) is 39.0 Å². The van der Waals surface area contributed by atoms with E-state index in [1.165, 1.54) is 0 Å². The van der Waals surface area contributed by atoms with Crippen molar-refractivity contribution in [2.45, 2.75) is 18.9 Å². The van der Waals surface area contributed by atoms with Crippen molar-refractivity contribution in [3.63, 3.8) is 0 Å². The van der Waals surface area contributed by atoms with E-state index in [0.717, 1.165) is 33.8 Å². The van der Waals surface area contributed by atoms with Crippen molar-refractivity contribution in [3.8, 4) is 0 Å². The molecule has 5 nitrogen and oxygen atoms in total. The van der Waals surface area contributed by atoms with Crippen molar-refractivity contribution in [1.29, 1.82) is 0 Å². The SMILES string of the molecule is CN(C)c1cccc(C(=O)N(C2CCc3ccccc32)S(C)(=O)=O)c1. The van der Waals surface area contributed by atoms with Gasteiger partial charge in [0, 0.05) is 25.3 Å². The van der Waals surface area contributed by atoms with Gasteiger partial charge in [0.25, 0.3) is 5.91 Å². The summed E-state index contributed by atoms with van der Waals surface area (Å²) in [6.07, 6.45) is 2.49. The maximum atomic E-state index is 13.1. The number of aryl methyl sites for hydroxylation is 1. The molecule has 0 aliphatic heterocycles. The highest BCUT2D eigenvalue weighted by molar-refractivity contribution is 7.88. The summed E-state index contributed by atoms with van der Waals surface area (Å²) >= 11 is 0. The molecular weight excluding hydrogens is 336 g/mol. The Labute approximate surface area is 148 Å². The van der Waals surface area contributed by atoms with Gasteiger partial charge in [-0.3, -0.25) is 4.79 Å². The van der Waals surface area contributed by atoms with Crippen LogP contribution < -0.4 is 4.90 Å². The molecule has 2 aromatic carbocycles. The number of sulfonamides is 1. The van der Waals surface area contributed by atoms with Crippen LogP contribution in [0, 0.1) is 0 Å². The van der Waals surface area contributed by atoms with E-state index in [4.69, 9.17) is 0 Å². The predicted molar refractivity (Wildman–Crippen MR) is 99.3 cm³/mol. The van der Waals surface area contributed by atoms with Crippen LogP contribution in [0.3, 0.4) is 0 Å². The molecule has 132 valence electrons. The molecule has 1 amide bonds. The molecule has 2 aromatic rings. The molecule has 1 aliphatic rings. The van der Waals surface area contributed by atoms with E-state index in [9.17, 15) is 13.2 Å². The van der Waals surface area contributed by atoms with E-state index in [1.807, 2.05) is 49.3 Å². The predicted octanol–water partition coefficient (Wildman–Crippen LogP) is 2.84. The summed E-state index contributed by atoms with van der Waals surface area (Å²) in [6, 6.07) is 14.3. The lowest BCUT2D eigenvalue weighted by atomic mass is 10.1. The first kappa shape index (κ1) is 17.5. The number of carbonyl (C=O) groups excluding carboxylic acids is 1. The zero-order chi connectivity index (χ0) is 18.2. The third-order valence-electron chi connectivity index (χ3n) is 4.55. The van der Waals surface area contributed by atoms with E-state index in [-0.39, 0.29) is 0 Å². The van der Waals surface area contributed by atoms with E-state index in [0.29, 0.717) is 12.0 Å². The van der Waals surface area contributed by atoms with Gasteiger partial charge in [0.05, 0.1) is 12.3 Å². The zero-order valence-corrected chi connectivity index (χ0v) is 15.5. The average molecular weight is 358 g/mol. The molecule has 0 spiro atoms. The van der Waals surface area contributed by atoms with E-state index in [2.05, 4.69) is 0 Å². The van der Waals surface area contributed by atoms with Crippen LogP contribution in [0.4, 0.5) is 5.69 Å². The summed E-state index contributed by atoms with van der Waals surface area (Å²) < 4.78 is 26.0. The summed E-state index contributed by atoms with van der Waals surface area (Å²) in [4.78, 5) is 15.0. The topological polar surface area (TPSA) is 57.7 Å². The van der Waals surface area contributed by atoms with Gasteiger partial charge in [0.2, 0.25) is 10.0 Å². The van der Waals surface area contributed by atoms with Crippen molar-refractivity contribution in [1.82, 2.24) is 4.31 Å². The Morgan fingerprint density at radius 3 is 2.48 bits per heavy atom. The lowest BCUT2D eigenvalue weighted by Crippen LogP contribution is -2.38. The highest BCUT2D eigenvalue weighted by Gasteiger charge is 2.37. The van der Waals surface area contributed by atoms with Gasteiger partial charge in [-0.2, -0.15) is 0 Å². The minimum atomic E-state index is -3.70. The Kier molecular flexibility index (Phi) is 4.56. The Bertz CT molecular complexity index is 906. The largest absolute Gasteiger partial charge is 0.378 e. The molecule has 1 unspecified atom stereocenters. The molecule has 3 rings (SSSR count). The van der Waals surface area contributed by atoms with Gasteiger partial charge in [0.1, 0.15) is 0 Å². The lowest BCUT2D eigenvalue weighted by Gasteiger charge is -2.28. The molecule has 25 heavy (non-hydrogen) atoms. The molecule has 0 bridgehead atoms. The van der Waals surface area contributed by atoms with Gasteiger partial charge >= 0.3 is 0 Å². The second-order valence-corrected chi connectivity index (χ2v) is 8.42. The number of hydrogen-bond donors (Lipinski definition) is 0. The molecular formula is C19H22N2O3S. The van der Waals surface area contributed by atoms with E-state index in [1.54, 1.807) is 18.2 Å². The maximum Gasteiger partial charge on any atom is 0.267 e. The Hall–Kier alpha value is -2.34. The molecule has 0 heterocycles. The third kappa shape index (κ3) is 3.39. The lowest BCUT2D eigenvalue weighted by molar-refractivity contribution is 0.0821. The fourth-order valence-corrected chi connectivity index (χ4v) is 4.43. The average Bonchev–Trinajstić information content (AvgIpc) is 2.97. The van der Waals surface area contributed by atoms with Crippen LogP contribution in [0.5, 0.6) is 0 Å². The van der Waals surface area contributed by atoms with Gasteiger partial charge in [-0.05, 0) is 42.2 Å². The first-order valence-electron chi connectivity index (χ1n) is 8.18. The molecule has 0 radical (unpaired) electrons. The number of carbonyl (C=O) groups is 1. The van der Waals surface area contributed by atoms with Gasteiger partial charge in [-0.1, -0.05) is 30.3 Å². The van der Waals surface area contributed by atoms with E-state index < -0.39 is 22.0 Å². The number of nitrogens with zero attached hydrogens (tertiary/aromatic N) is 2. The van der Waals surface area contributed by atoms with Gasteiger partial charge in [-0.25, -0.2) is 12.7 Å². The van der Waals surface area contributed by atoms with Gasteiger partial charge in [0.15, 0.2) is 0 Å². The summed E-state index contributed by atoms with van der Waals surface area (Å²) in [6.45, 7) is 0. The molecule has 1 atom stereocenters. The minimum absolute atomic E-state index is 0.376. The van der Waals surface area contributed by atoms with Crippen molar-refractivity contribution >= 4 is 21.6 Å². The Morgan fingerprint density at radius 1 is 1.08 bits per heavy atom. The zero-order valence-electron chi connectivity index (χ0n) is 14.6. The summed E-state index contributed by atoms with van der Waals surface area (Å²) in [5.74, 6) is -0.479. The molecule has 0 N–H and O–H groups in total. The highest BCUT2D eigenvalue weighted by atomic mass is 32.2. The van der Waals surface area contributed by atoms with E-state index >= 15 is 0 Å². The second kappa shape index (κ2) is 6.52. The molecule has 0 fully saturated rings. The third-order valence-corrected chi connectivity index (χ3v) is 5.69. The smallest absolute Gasteiger partial charge is 0.267 e. The first-order valence-corrected chi connectivity index (χ1v) is 10.0. The molecule has 0 saturated heterocycles. The summed E-state index contributed by atoms with van der Waals surface area (Å²) in [7, 11) is 0.0589. The molecule has 6 heteroatoms. The highest BCUT2D eigenvalue weighted by Crippen LogP contribution is 2.37. The number of amides is 1. The van der Waals surface area contributed by atoms with Crippen LogP contribution in [-0.2, 0) is 16.4 Å². The van der Waals surface area contributed by atoms with Crippen molar-refractivity contribution < 1.29 is 13.2 Å². The number of benzene rings is 2. The molecule has 0 aromatic heterocycles. The summed E-state index contributed by atoms with van der Waals surface area (Å²) in [5, 5.41) is 0. The minimum Gasteiger partial charge on any atom is -0.378 e. The molecule has 0 saturated carbocycles. The normalized spacial score (nSPS) is 16.4. The Balaban J connectivity index is 2.04. The quantitative estimate of drug-likeness (QED) is 0.843. The second-order valence-electron chi connectivity index (χ2n) is 6.56. The monoisotopic (exact) mass is 358 g/mol. The number of fused-ring (bicyclic) bond motifs is 1. The standard InChI is InChI=1S/C19H22N2O3S/c1-20(2)16-9-6-8-15(13-16)19(22)21(25(3,23)24)18-12-11-14-7-4-5-10-17(14)18/h4-10,13,18H,11-12H2,1-3H3. The summed E-state index contributed by atoms with van der Waals surface area (Å²) in [5.41, 5.74) is 3.26. The maximum absolute atomic E-state index is 13.1. The molecule has 1 aliphatic carbocycles. The van der Waals surface area contributed by atoms with Gasteiger partial charge < -0.3 is 4.90 Å². The van der Waals surface area contributed by atoms with Crippen molar-refractivity contribution in [2.75, 3.05) is 25.3 Å². The first-order chi connectivity index (χ1) is 11.8. The number of rotatable bonds is 4. The Morgan fingerprint density at radius 2 is 1.80 bits per heavy atom. The van der Waals surface area contributed by atoms with Crippen LogP contribution in [0.25, 0.3) is 0 Å². The van der Waals surface area contributed by atoms with Crippen LogP contribution >= 0.6 is 0 Å². The van der Waals surface area contributed by atoms with Crippen LogP contribution in [0.1, 0.15) is 33.9 Å². The number of hydrogen-bond acceptors (Lipinski definition) is 4.